The topological polar surface area (TPSA) is 21.7 Å². The van der Waals surface area contributed by atoms with Crippen molar-refractivity contribution in [3.63, 3.8) is 0 Å². The van der Waals surface area contributed by atoms with E-state index in [2.05, 4.69) is 23.3 Å². The first kappa shape index (κ1) is 11.5. The molecule has 4 heteroatoms. The molecule has 1 fully saturated rings. The van der Waals surface area contributed by atoms with Gasteiger partial charge in [-0.2, -0.15) is 0 Å². The van der Waals surface area contributed by atoms with Crippen LogP contribution < -0.4 is 0 Å². The standard InChI is InChI=1S/C9H21GeNO2/c1-4-5-11-6-8-12-10(2,3)13-9-7-11/h4-9H2,1-3H3. The van der Waals surface area contributed by atoms with Crippen molar-refractivity contribution < 1.29 is 7.53 Å². The summed E-state index contributed by atoms with van der Waals surface area (Å²) in [6, 6.07) is 0. The Morgan fingerprint density at radius 2 is 1.69 bits per heavy atom. The van der Waals surface area contributed by atoms with E-state index >= 15 is 0 Å². The van der Waals surface area contributed by atoms with Gasteiger partial charge >= 0.3 is 84.1 Å². The summed E-state index contributed by atoms with van der Waals surface area (Å²) in [5.41, 5.74) is 0. The minimum atomic E-state index is -2.23. The second kappa shape index (κ2) is 5.34. The molecule has 0 atom stereocenters. The number of hydrogen-bond acceptors (Lipinski definition) is 3. The Labute approximate surface area is 84.4 Å². The second-order valence-corrected chi connectivity index (χ2v) is 11.0. The van der Waals surface area contributed by atoms with Crippen LogP contribution in [0.15, 0.2) is 0 Å². The Hall–Kier alpha value is 0.423. The van der Waals surface area contributed by atoms with Gasteiger partial charge < -0.3 is 0 Å². The summed E-state index contributed by atoms with van der Waals surface area (Å²) in [5.74, 6) is 4.32. The molecule has 1 aliphatic rings. The summed E-state index contributed by atoms with van der Waals surface area (Å²) >= 11 is -2.23. The van der Waals surface area contributed by atoms with E-state index in [9.17, 15) is 0 Å². The van der Waals surface area contributed by atoms with E-state index in [4.69, 9.17) is 7.53 Å². The van der Waals surface area contributed by atoms with Crippen molar-refractivity contribution in [3.05, 3.63) is 0 Å². The maximum atomic E-state index is 5.77. The van der Waals surface area contributed by atoms with Gasteiger partial charge in [-0.3, -0.25) is 0 Å². The fourth-order valence-electron chi connectivity index (χ4n) is 1.53. The molecule has 0 aromatic rings. The number of rotatable bonds is 2. The van der Waals surface area contributed by atoms with E-state index in [1.54, 1.807) is 0 Å². The van der Waals surface area contributed by atoms with Crippen molar-refractivity contribution in [3.8, 4) is 0 Å². The summed E-state index contributed by atoms with van der Waals surface area (Å²) in [5, 5.41) is 0. The van der Waals surface area contributed by atoms with Gasteiger partial charge in [0.1, 0.15) is 0 Å². The Morgan fingerprint density at radius 1 is 1.15 bits per heavy atom. The monoisotopic (exact) mass is 249 g/mol. The third-order valence-electron chi connectivity index (χ3n) is 2.25. The molecule has 0 aromatic carbocycles. The molecule has 0 spiro atoms. The molecule has 78 valence electrons. The van der Waals surface area contributed by atoms with Crippen LogP contribution in [-0.2, 0) is 7.53 Å². The first-order chi connectivity index (χ1) is 6.14. The average molecular weight is 248 g/mol. The summed E-state index contributed by atoms with van der Waals surface area (Å²) in [6.07, 6.45) is 1.21. The molecule has 1 rings (SSSR count). The average Bonchev–Trinajstić information content (AvgIpc) is 2.01. The SMILES string of the molecule is CCCN1CC[O][Ge]([CH3])([CH3])[O]CC1. The predicted octanol–water partition coefficient (Wildman–Crippen LogP) is 1.45. The van der Waals surface area contributed by atoms with Crippen LogP contribution >= 0.6 is 0 Å². The van der Waals surface area contributed by atoms with Crippen LogP contribution in [-0.4, -0.2) is 51.7 Å². The number of hydrogen-bond donors (Lipinski definition) is 0. The first-order valence-electron chi connectivity index (χ1n) is 5.14. The van der Waals surface area contributed by atoms with Gasteiger partial charge in [-0.15, -0.1) is 0 Å². The molecule has 3 nitrogen and oxygen atoms in total. The maximum absolute atomic E-state index is 5.77. The summed E-state index contributed by atoms with van der Waals surface area (Å²) in [7, 11) is 0. The van der Waals surface area contributed by atoms with Gasteiger partial charge in [-0.05, 0) is 0 Å². The number of nitrogens with zero attached hydrogens (tertiary/aromatic N) is 1. The molecule has 0 saturated carbocycles. The van der Waals surface area contributed by atoms with Gasteiger partial charge in [0.05, 0.1) is 0 Å². The molecule has 1 saturated heterocycles. The van der Waals surface area contributed by atoms with Crippen molar-refractivity contribution in [1.29, 1.82) is 0 Å². The molecule has 0 amide bonds. The van der Waals surface area contributed by atoms with Gasteiger partial charge in [0.2, 0.25) is 0 Å². The Bertz CT molecular complexity index is 141. The Morgan fingerprint density at radius 3 is 2.15 bits per heavy atom. The quantitative estimate of drug-likeness (QED) is 0.690. The van der Waals surface area contributed by atoms with Crippen LogP contribution in [0.4, 0.5) is 0 Å². The normalized spacial score (nSPS) is 25.2. The van der Waals surface area contributed by atoms with Gasteiger partial charge in [-0.1, -0.05) is 0 Å². The van der Waals surface area contributed by atoms with E-state index in [1.807, 2.05) is 0 Å². The van der Waals surface area contributed by atoms with Crippen LogP contribution in [0, 0.1) is 0 Å². The van der Waals surface area contributed by atoms with Gasteiger partial charge in [0.15, 0.2) is 0 Å². The fraction of sp³-hybridized carbons (Fsp3) is 1.00. The van der Waals surface area contributed by atoms with Crippen molar-refractivity contribution in [2.24, 2.45) is 0 Å². The van der Waals surface area contributed by atoms with E-state index in [0.717, 1.165) is 26.3 Å². The molecule has 0 aromatic heterocycles. The molecule has 13 heavy (non-hydrogen) atoms. The molecule has 0 bridgehead atoms. The Kier molecular flexibility index (Phi) is 4.72. The van der Waals surface area contributed by atoms with Crippen molar-refractivity contribution in [1.82, 2.24) is 4.90 Å². The van der Waals surface area contributed by atoms with Crippen LogP contribution in [0.3, 0.4) is 0 Å². The summed E-state index contributed by atoms with van der Waals surface area (Å²) in [4.78, 5) is 2.41. The molecule has 1 heterocycles. The van der Waals surface area contributed by atoms with Crippen molar-refractivity contribution in [2.45, 2.75) is 24.9 Å². The molecule has 0 radical (unpaired) electrons. The minimum absolute atomic E-state index is 0.854. The van der Waals surface area contributed by atoms with Crippen LogP contribution in [0.25, 0.3) is 0 Å². The molecule has 0 unspecified atom stereocenters. The van der Waals surface area contributed by atoms with Gasteiger partial charge in [-0.25, -0.2) is 0 Å². The van der Waals surface area contributed by atoms with Crippen LogP contribution in [0.2, 0.25) is 11.5 Å². The van der Waals surface area contributed by atoms with Crippen molar-refractivity contribution in [2.75, 3.05) is 32.8 Å². The fourth-order valence-corrected chi connectivity index (χ4v) is 4.16. The van der Waals surface area contributed by atoms with Gasteiger partial charge in [0, 0.05) is 0 Å². The van der Waals surface area contributed by atoms with E-state index in [0.29, 0.717) is 0 Å². The Balaban J connectivity index is 2.30. The summed E-state index contributed by atoms with van der Waals surface area (Å²) < 4.78 is 11.5. The second-order valence-electron chi connectivity index (χ2n) is 3.94. The predicted molar refractivity (Wildman–Crippen MR) is 56.1 cm³/mol. The summed E-state index contributed by atoms with van der Waals surface area (Å²) in [6.45, 7) is 7.24. The molecule has 1 aliphatic heterocycles. The van der Waals surface area contributed by atoms with Crippen LogP contribution in [0.1, 0.15) is 13.3 Å². The molecule has 0 aliphatic carbocycles. The zero-order chi connectivity index (χ0) is 9.73. The zero-order valence-corrected chi connectivity index (χ0v) is 11.1. The van der Waals surface area contributed by atoms with Crippen LogP contribution in [0.5, 0.6) is 0 Å². The molecular weight excluding hydrogens is 227 g/mol. The van der Waals surface area contributed by atoms with Crippen molar-refractivity contribution >= 4 is 13.9 Å². The zero-order valence-electron chi connectivity index (χ0n) is 9.01. The van der Waals surface area contributed by atoms with E-state index in [-0.39, 0.29) is 0 Å². The third-order valence-corrected chi connectivity index (χ3v) is 6.03. The molecular formula is C9H21GeNO2. The third kappa shape index (κ3) is 4.45. The molecule has 0 N–H and O–H groups in total. The van der Waals surface area contributed by atoms with Gasteiger partial charge in [0.25, 0.3) is 0 Å². The first-order valence-corrected chi connectivity index (χ1v) is 11.1. The van der Waals surface area contributed by atoms with E-state index in [1.165, 1.54) is 13.0 Å². The van der Waals surface area contributed by atoms with E-state index < -0.39 is 13.9 Å².